The van der Waals surface area contributed by atoms with Gasteiger partial charge in [-0.2, -0.15) is 0 Å². The summed E-state index contributed by atoms with van der Waals surface area (Å²) in [5, 5.41) is 2.95. The van der Waals surface area contributed by atoms with Crippen LogP contribution in [0, 0.1) is 5.82 Å². The molecular weight excluding hydrogens is 535 g/mol. The van der Waals surface area contributed by atoms with E-state index in [0.717, 1.165) is 15.6 Å². The number of carbonyl (C=O) groups excluding carboxylic acids is 2. The quantitative estimate of drug-likeness (QED) is 0.297. The first-order chi connectivity index (χ1) is 17.6. The summed E-state index contributed by atoms with van der Waals surface area (Å²) in [6, 6.07) is 20.4. The molecule has 7 heteroatoms. The molecule has 0 fully saturated rings. The van der Waals surface area contributed by atoms with Crippen LogP contribution < -0.4 is 10.1 Å². The second-order valence-electron chi connectivity index (χ2n) is 9.65. The molecule has 1 atom stereocenters. The van der Waals surface area contributed by atoms with Gasteiger partial charge in [0.25, 0.3) is 5.91 Å². The molecule has 0 bridgehead atoms. The van der Waals surface area contributed by atoms with Crippen molar-refractivity contribution in [1.82, 2.24) is 10.2 Å². The average molecular weight is 570 g/mol. The predicted octanol–water partition coefficient (Wildman–Crippen LogP) is 6.26. The predicted molar refractivity (Wildman–Crippen MR) is 148 cm³/mol. The molecule has 0 aliphatic rings. The van der Waals surface area contributed by atoms with Crippen LogP contribution in [0.3, 0.4) is 0 Å². The highest BCUT2D eigenvalue weighted by molar-refractivity contribution is 9.10. The van der Waals surface area contributed by atoms with E-state index in [1.165, 1.54) is 17.0 Å². The lowest BCUT2D eigenvalue weighted by Gasteiger charge is -2.32. The molecule has 3 aromatic carbocycles. The first-order valence-electron chi connectivity index (χ1n) is 12.4. The van der Waals surface area contributed by atoms with Crippen LogP contribution in [0.1, 0.15) is 50.3 Å². The molecule has 1 N–H and O–H groups in total. The Morgan fingerprint density at radius 1 is 0.946 bits per heavy atom. The number of nitrogens with one attached hydrogen (secondary N) is 1. The molecule has 196 valence electrons. The molecule has 0 saturated heterocycles. The van der Waals surface area contributed by atoms with Crippen molar-refractivity contribution < 1.29 is 18.7 Å². The van der Waals surface area contributed by atoms with Gasteiger partial charge >= 0.3 is 0 Å². The van der Waals surface area contributed by atoms with Crippen LogP contribution in [0.5, 0.6) is 5.75 Å². The van der Waals surface area contributed by atoms with E-state index in [2.05, 4.69) is 35.1 Å². The molecule has 0 heterocycles. The molecule has 0 spiro atoms. The van der Waals surface area contributed by atoms with Crippen molar-refractivity contribution in [1.29, 1.82) is 0 Å². The lowest BCUT2D eigenvalue weighted by atomic mass is 10.0. The Hall–Kier alpha value is -3.19. The van der Waals surface area contributed by atoms with E-state index in [4.69, 9.17) is 4.74 Å². The van der Waals surface area contributed by atoms with Crippen LogP contribution in [0.4, 0.5) is 4.39 Å². The summed E-state index contributed by atoms with van der Waals surface area (Å²) in [7, 11) is 0. The van der Waals surface area contributed by atoms with Gasteiger partial charge in [0.05, 0.1) is 4.47 Å². The molecule has 0 saturated carbocycles. The zero-order valence-corrected chi connectivity index (χ0v) is 23.3. The van der Waals surface area contributed by atoms with Gasteiger partial charge in [-0.25, -0.2) is 4.39 Å². The van der Waals surface area contributed by atoms with E-state index in [9.17, 15) is 14.0 Å². The standard InChI is InChI=1S/C30H34BrFN2O3/c1-20(2)24-12-15-28(26(31)17-24)37-19-29(35)34(18-23-10-13-25(32)14-11-23)27(30(36)33-21(3)4)16-22-8-6-5-7-9-22/h5-15,17,20-21,27H,16,18-19H2,1-4H3,(H,33,36). The maximum absolute atomic E-state index is 13.6. The highest BCUT2D eigenvalue weighted by Crippen LogP contribution is 2.29. The van der Waals surface area contributed by atoms with Crippen molar-refractivity contribution in [2.24, 2.45) is 0 Å². The molecular formula is C30H34BrFN2O3. The Morgan fingerprint density at radius 2 is 1.62 bits per heavy atom. The summed E-state index contributed by atoms with van der Waals surface area (Å²) >= 11 is 3.54. The van der Waals surface area contributed by atoms with Gasteiger partial charge in [0.15, 0.2) is 6.61 Å². The summed E-state index contributed by atoms with van der Waals surface area (Å²) in [6.07, 6.45) is 0.332. The fraction of sp³-hybridized carbons (Fsp3) is 0.333. The molecule has 1 unspecified atom stereocenters. The highest BCUT2D eigenvalue weighted by atomic mass is 79.9. The van der Waals surface area contributed by atoms with Crippen molar-refractivity contribution in [3.05, 3.63) is 99.8 Å². The first-order valence-corrected chi connectivity index (χ1v) is 13.2. The third kappa shape index (κ3) is 8.42. The summed E-state index contributed by atoms with van der Waals surface area (Å²) < 4.78 is 20.2. The van der Waals surface area contributed by atoms with E-state index >= 15 is 0 Å². The molecule has 2 amide bonds. The van der Waals surface area contributed by atoms with Gasteiger partial charge in [-0.1, -0.05) is 62.4 Å². The molecule has 0 aromatic heterocycles. The molecule has 0 aliphatic carbocycles. The molecule has 0 radical (unpaired) electrons. The topological polar surface area (TPSA) is 58.6 Å². The van der Waals surface area contributed by atoms with Crippen molar-refractivity contribution in [3.63, 3.8) is 0 Å². The number of hydrogen-bond acceptors (Lipinski definition) is 3. The van der Waals surface area contributed by atoms with Crippen molar-refractivity contribution in [2.45, 2.75) is 58.7 Å². The Kier molecular flexibility index (Phi) is 10.3. The molecule has 5 nitrogen and oxygen atoms in total. The normalized spacial score (nSPS) is 11.9. The van der Waals surface area contributed by atoms with E-state index in [1.54, 1.807) is 12.1 Å². The number of carbonyl (C=O) groups is 2. The van der Waals surface area contributed by atoms with Gasteiger partial charge in [-0.05, 0) is 76.7 Å². The van der Waals surface area contributed by atoms with Crippen LogP contribution in [0.15, 0.2) is 77.3 Å². The van der Waals surface area contributed by atoms with Gasteiger partial charge in [-0.15, -0.1) is 0 Å². The number of nitrogens with zero attached hydrogens (tertiary/aromatic N) is 1. The minimum Gasteiger partial charge on any atom is -0.483 e. The van der Waals surface area contributed by atoms with Crippen LogP contribution >= 0.6 is 15.9 Å². The summed E-state index contributed by atoms with van der Waals surface area (Å²) in [5.74, 6) is -0.0547. The monoisotopic (exact) mass is 568 g/mol. The van der Waals surface area contributed by atoms with Gasteiger partial charge in [0, 0.05) is 19.0 Å². The van der Waals surface area contributed by atoms with Crippen LogP contribution in [0.25, 0.3) is 0 Å². The van der Waals surface area contributed by atoms with E-state index in [-0.39, 0.29) is 36.8 Å². The number of rotatable bonds is 11. The molecule has 3 aromatic rings. The number of amides is 2. The van der Waals surface area contributed by atoms with E-state index in [0.29, 0.717) is 23.7 Å². The summed E-state index contributed by atoms with van der Waals surface area (Å²) in [4.78, 5) is 28.5. The number of hydrogen-bond donors (Lipinski definition) is 1. The number of ether oxygens (including phenoxy) is 1. The van der Waals surface area contributed by atoms with Crippen LogP contribution in [-0.4, -0.2) is 35.4 Å². The second kappa shape index (κ2) is 13.4. The third-order valence-corrected chi connectivity index (χ3v) is 6.56. The van der Waals surface area contributed by atoms with Crippen molar-refractivity contribution in [3.8, 4) is 5.75 Å². The largest absolute Gasteiger partial charge is 0.483 e. The van der Waals surface area contributed by atoms with Crippen molar-refractivity contribution >= 4 is 27.7 Å². The fourth-order valence-electron chi connectivity index (χ4n) is 3.94. The third-order valence-electron chi connectivity index (χ3n) is 5.94. The Balaban J connectivity index is 1.90. The van der Waals surface area contributed by atoms with Gasteiger partial charge in [0.1, 0.15) is 17.6 Å². The van der Waals surface area contributed by atoms with E-state index in [1.807, 2.05) is 62.4 Å². The summed E-state index contributed by atoms with van der Waals surface area (Å²) in [6.45, 7) is 7.86. The van der Waals surface area contributed by atoms with E-state index < -0.39 is 6.04 Å². The molecule has 37 heavy (non-hydrogen) atoms. The van der Waals surface area contributed by atoms with Crippen molar-refractivity contribution in [2.75, 3.05) is 6.61 Å². The maximum atomic E-state index is 13.6. The Labute approximate surface area is 227 Å². The zero-order valence-electron chi connectivity index (χ0n) is 21.7. The molecule has 0 aliphatic heterocycles. The Bertz CT molecular complexity index is 1180. The number of benzene rings is 3. The smallest absolute Gasteiger partial charge is 0.261 e. The van der Waals surface area contributed by atoms with Gasteiger partial charge in [-0.3, -0.25) is 9.59 Å². The average Bonchev–Trinajstić information content (AvgIpc) is 2.86. The Morgan fingerprint density at radius 3 is 2.22 bits per heavy atom. The van der Waals surface area contributed by atoms with Crippen LogP contribution in [0.2, 0.25) is 0 Å². The minimum absolute atomic E-state index is 0.0970. The molecule has 3 rings (SSSR count). The lowest BCUT2D eigenvalue weighted by Crippen LogP contribution is -2.52. The first kappa shape index (κ1) is 28.4. The second-order valence-corrected chi connectivity index (χ2v) is 10.5. The van der Waals surface area contributed by atoms with Crippen LogP contribution in [-0.2, 0) is 22.6 Å². The fourth-order valence-corrected chi connectivity index (χ4v) is 4.45. The lowest BCUT2D eigenvalue weighted by molar-refractivity contribution is -0.143. The zero-order chi connectivity index (χ0) is 26.9. The minimum atomic E-state index is -0.780. The summed E-state index contributed by atoms with van der Waals surface area (Å²) in [5.41, 5.74) is 2.79. The van der Waals surface area contributed by atoms with Gasteiger partial charge in [0.2, 0.25) is 5.91 Å². The highest BCUT2D eigenvalue weighted by Gasteiger charge is 2.31. The SMILES string of the molecule is CC(C)NC(=O)C(Cc1ccccc1)N(Cc1ccc(F)cc1)C(=O)COc1ccc(C(C)C)cc1Br. The number of halogens is 2. The maximum Gasteiger partial charge on any atom is 0.261 e. The van der Waals surface area contributed by atoms with Gasteiger partial charge < -0.3 is 15.0 Å².